The maximum absolute atomic E-state index is 3.64. The zero-order valence-electron chi connectivity index (χ0n) is 13.4. The van der Waals surface area contributed by atoms with Gasteiger partial charge in [0.05, 0.1) is 0 Å². The summed E-state index contributed by atoms with van der Waals surface area (Å²) < 4.78 is 0. The summed E-state index contributed by atoms with van der Waals surface area (Å²) in [5.74, 6) is 1.65. The van der Waals surface area contributed by atoms with Crippen molar-refractivity contribution in [1.82, 2.24) is 15.1 Å². The number of likely N-dealkylation sites (tertiary alicyclic amines) is 1. The molecular formula is C16H33N3. The van der Waals surface area contributed by atoms with Gasteiger partial charge >= 0.3 is 0 Å². The van der Waals surface area contributed by atoms with Gasteiger partial charge in [0.2, 0.25) is 0 Å². The Morgan fingerprint density at radius 1 is 1.26 bits per heavy atom. The number of hydrogen-bond donors (Lipinski definition) is 1. The Morgan fingerprint density at radius 3 is 2.58 bits per heavy atom. The van der Waals surface area contributed by atoms with E-state index in [1.165, 1.54) is 45.3 Å². The lowest BCUT2D eigenvalue weighted by atomic mass is 9.78. The van der Waals surface area contributed by atoms with Gasteiger partial charge in [0, 0.05) is 18.6 Å². The van der Waals surface area contributed by atoms with Gasteiger partial charge in [0.1, 0.15) is 0 Å². The fraction of sp³-hybridized carbons (Fsp3) is 1.00. The standard InChI is InChI=1S/C16H33N3/c1-13(2)10-17-11-14-7-8-16(14)19(4)12-15-6-5-9-18(15)3/h13-17H,5-12H2,1-4H3. The van der Waals surface area contributed by atoms with E-state index in [4.69, 9.17) is 0 Å². The molecule has 1 saturated heterocycles. The Labute approximate surface area is 119 Å². The summed E-state index contributed by atoms with van der Waals surface area (Å²) in [5, 5.41) is 3.64. The number of hydrogen-bond acceptors (Lipinski definition) is 3. The largest absolute Gasteiger partial charge is 0.316 e. The molecule has 1 N–H and O–H groups in total. The first-order valence-corrected chi connectivity index (χ1v) is 8.19. The van der Waals surface area contributed by atoms with Crippen LogP contribution in [0.15, 0.2) is 0 Å². The molecule has 0 aromatic carbocycles. The van der Waals surface area contributed by atoms with E-state index in [1.54, 1.807) is 0 Å². The summed E-state index contributed by atoms with van der Waals surface area (Å²) in [7, 11) is 4.62. The van der Waals surface area contributed by atoms with Crippen molar-refractivity contribution in [2.45, 2.75) is 51.6 Å². The second-order valence-electron chi connectivity index (χ2n) is 7.17. The van der Waals surface area contributed by atoms with E-state index in [0.29, 0.717) is 0 Å². The Hall–Kier alpha value is -0.120. The maximum Gasteiger partial charge on any atom is 0.0220 e. The first-order chi connectivity index (χ1) is 9.08. The van der Waals surface area contributed by atoms with Gasteiger partial charge in [-0.15, -0.1) is 0 Å². The minimum atomic E-state index is 0.767. The third kappa shape index (κ3) is 4.17. The quantitative estimate of drug-likeness (QED) is 0.761. The van der Waals surface area contributed by atoms with E-state index in [-0.39, 0.29) is 0 Å². The molecule has 0 radical (unpaired) electrons. The fourth-order valence-corrected chi connectivity index (χ4v) is 3.60. The van der Waals surface area contributed by atoms with Gasteiger partial charge in [0.15, 0.2) is 0 Å². The van der Waals surface area contributed by atoms with Gasteiger partial charge in [-0.25, -0.2) is 0 Å². The lowest BCUT2D eigenvalue weighted by Gasteiger charge is -2.44. The highest BCUT2D eigenvalue weighted by Gasteiger charge is 2.35. The topological polar surface area (TPSA) is 18.5 Å². The molecule has 3 nitrogen and oxygen atoms in total. The monoisotopic (exact) mass is 267 g/mol. The summed E-state index contributed by atoms with van der Waals surface area (Å²) in [5.41, 5.74) is 0. The van der Waals surface area contributed by atoms with Crippen molar-refractivity contribution in [3.8, 4) is 0 Å². The SMILES string of the molecule is CC(C)CNCC1CCC1N(C)CC1CCCN1C. The molecule has 19 heavy (non-hydrogen) atoms. The number of likely N-dealkylation sites (N-methyl/N-ethyl adjacent to an activating group) is 2. The number of rotatable bonds is 7. The summed E-state index contributed by atoms with van der Waals surface area (Å²) >= 11 is 0. The smallest absolute Gasteiger partial charge is 0.0220 e. The fourth-order valence-electron chi connectivity index (χ4n) is 3.60. The molecule has 0 amide bonds. The summed E-state index contributed by atoms with van der Waals surface area (Å²) in [6.45, 7) is 9.51. The molecule has 0 aromatic rings. The average Bonchev–Trinajstić information content (AvgIpc) is 2.68. The van der Waals surface area contributed by atoms with Crippen LogP contribution in [0.2, 0.25) is 0 Å². The van der Waals surface area contributed by atoms with Gasteiger partial charge in [0.25, 0.3) is 0 Å². The molecule has 1 aliphatic heterocycles. The van der Waals surface area contributed by atoms with Gasteiger partial charge < -0.3 is 15.1 Å². The van der Waals surface area contributed by atoms with Crippen LogP contribution in [-0.2, 0) is 0 Å². The highest BCUT2D eigenvalue weighted by atomic mass is 15.2. The molecule has 3 heteroatoms. The van der Waals surface area contributed by atoms with Crippen LogP contribution in [-0.4, -0.2) is 62.2 Å². The van der Waals surface area contributed by atoms with E-state index in [0.717, 1.165) is 30.5 Å². The summed E-state index contributed by atoms with van der Waals surface area (Å²) in [4.78, 5) is 5.18. The molecule has 2 aliphatic rings. The van der Waals surface area contributed by atoms with Crippen molar-refractivity contribution in [2.75, 3.05) is 40.3 Å². The molecule has 0 spiro atoms. The Morgan fingerprint density at radius 2 is 2.05 bits per heavy atom. The second-order valence-corrected chi connectivity index (χ2v) is 7.17. The van der Waals surface area contributed by atoms with Crippen LogP contribution in [0.5, 0.6) is 0 Å². The van der Waals surface area contributed by atoms with Gasteiger partial charge in [-0.05, 0) is 71.2 Å². The van der Waals surface area contributed by atoms with Crippen LogP contribution >= 0.6 is 0 Å². The highest BCUT2D eigenvalue weighted by molar-refractivity contribution is 4.91. The molecule has 1 heterocycles. The van der Waals surface area contributed by atoms with Crippen molar-refractivity contribution in [2.24, 2.45) is 11.8 Å². The molecule has 0 aromatic heterocycles. The normalized spacial score (nSPS) is 32.2. The Balaban J connectivity index is 1.69. The van der Waals surface area contributed by atoms with E-state index < -0.39 is 0 Å². The molecule has 3 atom stereocenters. The van der Waals surface area contributed by atoms with Crippen LogP contribution < -0.4 is 5.32 Å². The lowest BCUT2D eigenvalue weighted by molar-refractivity contribution is 0.0654. The molecule has 1 saturated carbocycles. The third-order valence-electron chi connectivity index (χ3n) is 5.07. The Kier molecular flexibility index (Phi) is 5.67. The van der Waals surface area contributed by atoms with E-state index >= 15 is 0 Å². The molecule has 3 unspecified atom stereocenters. The highest BCUT2D eigenvalue weighted by Crippen LogP contribution is 2.31. The van der Waals surface area contributed by atoms with Gasteiger partial charge in [-0.1, -0.05) is 13.8 Å². The van der Waals surface area contributed by atoms with Crippen molar-refractivity contribution in [3.05, 3.63) is 0 Å². The minimum Gasteiger partial charge on any atom is -0.316 e. The van der Waals surface area contributed by atoms with Crippen LogP contribution in [0.1, 0.15) is 39.5 Å². The van der Waals surface area contributed by atoms with Crippen LogP contribution in [0.25, 0.3) is 0 Å². The molecular weight excluding hydrogens is 234 g/mol. The van der Waals surface area contributed by atoms with Crippen LogP contribution in [0.4, 0.5) is 0 Å². The number of nitrogens with one attached hydrogen (secondary N) is 1. The van der Waals surface area contributed by atoms with Gasteiger partial charge in [-0.3, -0.25) is 0 Å². The first-order valence-electron chi connectivity index (χ1n) is 8.19. The minimum absolute atomic E-state index is 0.767. The molecule has 2 fully saturated rings. The molecule has 0 bridgehead atoms. The Bertz CT molecular complexity index is 267. The summed E-state index contributed by atoms with van der Waals surface area (Å²) in [6, 6.07) is 1.63. The molecule has 112 valence electrons. The van der Waals surface area contributed by atoms with E-state index in [1.807, 2.05) is 0 Å². The lowest BCUT2D eigenvalue weighted by Crippen LogP contribution is -2.52. The second kappa shape index (κ2) is 7.05. The molecule has 2 rings (SSSR count). The van der Waals surface area contributed by atoms with Crippen molar-refractivity contribution in [1.29, 1.82) is 0 Å². The third-order valence-corrected chi connectivity index (χ3v) is 5.07. The zero-order valence-corrected chi connectivity index (χ0v) is 13.4. The van der Waals surface area contributed by atoms with E-state index in [2.05, 4.69) is 43.1 Å². The van der Waals surface area contributed by atoms with Crippen molar-refractivity contribution >= 4 is 0 Å². The first kappa shape index (κ1) is 15.3. The van der Waals surface area contributed by atoms with Crippen LogP contribution in [0, 0.1) is 11.8 Å². The number of nitrogens with zero attached hydrogens (tertiary/aromatic N) is 2. The zero-order chi connectivity index (χ0) is 13.8. The van der Waals surface area contributed by atoms with Gasteiger partial charge in [-0.2, -0.15) is 0 Å². The average molecular weight is 267 g/mol. The maximum atomic E-state index is 3.64. The molecule has 1 aliphatic carbocycles. The summed E-state index contributed by atoms with van der Waals surface area (Å²) in [6.07, 6.45) is 5.60. The van der Waals surface area contributed by atoms with Crippen molar-refractivity contribution in [3.63, 3.8) is 0 Å². The van der Waals surface area contributed by atoms with E-state index in [9.17, 15) is 0 Å². The predicted molar refractivity (Wildman–Crippen MR) is 82.5 cm³/mol. The van der Waals surface area contributed by atoms with Crippen LogP contribution in [0.3, 0.4) is 0 Å². The van der Waals surface area contributed by atoms with Crippen molar-refractivity contribution < 1.29 is 0 Å². The predicted octanol–water partition coefficient (Wildman–Crippen LogP) is 2.04.